The number of amides is 1. The van der Waals surface area contributed by atoms with Gasteiger partial charge in [-0.1, -0.05) is 6.07 Å². The average Bonchev–Trinajstić information content (AvgIpc) is 2.55. The van der Waals surface area contributed by atoms with E-state index < -0.39 is 6.09 Å². The van der Waals surface area contributed by atoms with Gasteiger partial charge < -0.3 is 19.9 Å². The highest BCUT2D eigenvalue weighted by Gasteiger charge is 2.20. The zero-order chi connectivity index (χ0) is 17.1. The number of carboxylic acid groups (broad SMARTS) is 1. The highest BCUT2D eigenvalue weighted by molar-refractivity contribution is 5.79. The van der Waals surface area contributed by atoms with Crippen molar-refractivity contribution in [1.29, 1.82) is 0 Å². The van der Waals surface area contributed by atoms with Crippen molar-refractivity contribution in [3.63, 3.8) is 0 Å². The van der Waals surface area contributed by atoms with Crippen molar-refractivity contribution in [2.45, 2.75) is 25.4 Å². The summed E-state index contributed by atoms with van der Waals surface area (Å²) in [6.07, 6.45) is 0.522. The molecule has 1 saturated heterocycles. The number of benzene rings is 1. The summed E-state index contributed by atoms with van der Waals surface area (Å²) >= 11 is 0. The number of nitrogens with zero attached hydrogens (tertiary/aromatic N) is 2. The van der Waals surface area contributed by atoms with Gasteiger partial charge in [-0.15, -0.1) is 0 Å². The van der Waals surface area contributed by atoms with Crippen LogP contribution in [-0.4, -0.2) is 46.3 Å². The number of rotatable bonds is 4. The molecule has 2 heterocycles. The van der Waals surface area contributed by atoms with Crippen LogP contribution in [0.2, 0.25) is 0 Å². The molecule has 7 heteroatoms. The topological polar surface area (TPSA) is 74.6 Å². The largest absolute Gasteiger partial charge is 0.465 e. The molecule has 0 spiro atoms. The van der Waals surface area contributed by atoms with Gasteiger partial charge in [0.1, 0.15) is 5.82 Å². The number of halogens is 1. The molecule has 0 aliphatic carbocycles. The molecule has 128 valence electrons. The van der Waals surface area contributed by atoms with Gasteiger partial charge in [0.15, 0.2) is 0 Å². The SMILES string of the molecule is O=C(O)NC1CCN(CCn2c(=O)ccc3c(F)cccc32)CC1. The van der Waals surface area contributed by atoms with E-state index in [0.29, 0.717) is 24.0 Å². The van der Waals surface area contributed by atoms with E-state index in [-0.39, 0.29) is 17.4 Å². The number of fused-ring (bicyclic) bond motifs is 1. The van der Waals surface area contributed by atoms with Gasteiger partial charge in [-0.25, -0.2) is 9.18 Å². The molecule has 1 amide bonds. The van der Waals surface area contributed by atoms with Crippen molar-refractivity contribution in [1.82, 2.24) is 14.8 Å². The maximum absolute atomic E-state index is 13.9. The van der Waals surface area contributed by atoms with E-state index in [9.17, 15) is 14.0 Å². The number of hydrogen-bond donors (Lipinski definition) is 2. The summed E-state index contributed by atoms with van der Waals surface area (Å²) < 4.78 is 15.5. The molecular weight excluding hydrogens is 313 g/mol. The highest BCUT2D eigenvalue weighted by Crippen LogP contribution is 2.16. The van der Waals surface area contributed by atoms with E-state index in [1.807, 2.05) is 0 Å². The monoisotopic (exact) mass is 333 g/mol. The van der Waals surface area contributed by atoms with Crippen molar-refractivity contribution < 1.29 is 14.3 Å². The Morgan fingerprint density at radius 1 is 1.21 bits per heavy atom. The van der Waals surface area contributed by atoms with Gasteiger partial charge in [0.25, 0.3) is 5.56 Å². The summed E-state index contributed by atoms with van der Waals surface area (Å²) in [6.45, 7) is 2.71. The molecule has 3 rings (SSSR count). The predicted molar refractivity (Wildman–Crippen MR) is 88.8 cm³/mol. The lowest BCUT2D eigenvalue weighted by Gasteiger charge is -2.31. The van der Waals surface area contributed by atoms with E-state index in [1.54, 1.807) is 16.7 Å². The van der Waals surface area contributed by atoms with Crippen LogP contribution in [0, 0.1) is 5.82 Å². The molecule has 0 radical (unpaired) electrons. The van der Waals surface area contributed by atoms with Gasteiger partial charge in [-0.3, -0.25) is 4.79 Å². The van der Waals surface area contributed by atoms with Gasteiger partial charge >= 0.3 is 6.09 Å². The third-order valence-electron chi connectivity index (χ3n) is 4.53. The molecule has 1 aromatic carbocycles. The molecule has 1 aromatic heterocycles. The van der Waals surface area contributed by atoms with Crippen molar-refractivity contribution >= 4 is 17.0 Å². The summed E-state index contributed by atoms with van der Waals surface area (Å²) in [6, 6.07) is 7.66. The van der Waals surface area contributed by atoms with E-state index in [0.717, 1.165) is 25.9 Å². The quantitative estimate of drug-likeness (QED) is 0.896. The Labute approximate surface area is 138 Å². The summed E-state index contributed by atoms with van der Waals surface area (Å²) in [5.41, 5.74) is 0.459. The highest BCUT2D eigenvalue weighted by atomic mass is 19.1. The van der Waals surface area contributed by atoms with E-state index in [2.05, 4.69) is 10.2 Å². The number of aromatic nitrogens is 1. The van der Waals surface area contributed by atoms with Crippen molar-refractivity contribution in [3.8, 4) is 0 Å². The Balaban J connectivity index is 1.67. The second kappa shape index (κ2) is 7.00. The smallest absolute Gasteiger partial charge is 0.404 e. The van der Waals surface area contributed by atoms with Crippen LogP contribution in [0.5, 0.6) is 0 Å². The molecule has 1 aliphatic heterocycles. The standard InChI is InChI=1S/C17H20FN3O3/c18-14-2-1-3-15-13(14)4-5-16(22)21(15)11-10-20-8-6-12(7-9-20)19-17(23)24/h1-5,12,19H,6-11H2,(H,23,24). The van der Waals surface area contributed by atoms with Crippen LogP contribution in [0.1, 0.15) is 12.8 Å². The minimum Gasteiger partial charge on any atom is -0.465 e. The van der Waals surface area contributed by atoms with Crippen molar-refractivity contribution in [2.75, 3.05) is 19.6 Å². The van der Waals surface area contributed by atoms with E-state index in [1.165, 1.54) is 18.2 Å². The Morgan fingerprint density at radius 3 is 2.67 bits per heavy atom. The normalized spacial score (nSPS) is 16.4. The summed E-state index contributed by atoms with van der Waals surface area (Å²) in [5, 5.41) is 11.7. The number of piperidine rings is 1. The number of carbonyl (C=O) groups is 1. The van der Waals surface area contributed by atoms with E-state index >= 15 is 0 Å². The average molecular weight is 333 g/mol. The van der Waals surface area contributed by atoms with Crippen LogP contribution < -0.4 is 10.9 Å². The lowest BCUT2D eigenvalue weighted by atomic mass is 10.1. The van der Waals surface area contributed by atoms with Crippen LogP contribution in [0.3, 0.4) is 0 Å². The number of likely N-dealkylation sites (tertiary alicyclic amines) is 1. The maximum atomic E-state index is 13.9. The fourth-order valence-electron chi connectivity index (χ4n) is 3.24. The third kappa shape index (κ3) is 3.56. The lowest BCUT2D eigenvalue weighted by molar-refractivity contribution is 0.166. The van der Waals surface area contributed by atoms with Gasteiger partial charge in [0, 0.05) is 43.7 Å². The molecule has 1 fully saturated rings. The molecule has 2 N–H and O–H groups in total. The zero-order valence-electron chi connectivity index (χ0n) is 13.2. The van der Waals surface area contributed by atoms with Crippen molar-refractivity contribution in [3.05, 3.63) is 46.5 Å². The van der Waals surface area contributed by atoms with Gasteiger partial charge in [-0.05, 0) is 31.0 Å². The molecule has 1 aliphatic rings. The Hall–Kier alpha value is -2.41. The lowest BCUT2D eigenvalue weighted by Crippen LogP contribution is -2.45. The molecule has 6 nitrogen and oxygen atoms in total. The first-order valence-electron chi connectivity index (χ1n) is 8.04. The van der Waals surface area contributed by atoms with Crippen LogP contribution in [0.4, 0.5) is 9.18 Å². The minimum absolute atomic E-state index is 0.00637. The van der Waals surface area contributed by atoms with Crippen LogP contribution in [-0.2, 0) is 6.54 Å². The minimum atomic E-state index is -0.988. The summed E-state index contributed by atoms with van der Waals surface area (Å²) in [4.78, 5) is 25.0. The molecular formula is C17H20FN3O3. The fourth-order valence-corrected chi connectivity index (χ4v) is 3.24. The Morgan fingerprint density at radius 2 is 1.96 bits per heavy atom. The van der Waals surface area contributed by atoms with Gasteiger partial charge in [0.05, 0.1) is 5.52 Å². The molecule has 0 unspecified atom stereocenters. The first kappa shape index (κ1) is 16.4. The van der Waals surface area contributed by atoms with Crippen LogP contribution in [0.15, 0.2) is 35.1 Å². The third-order valence-corrected chi connectivity index (χ3v) is 4.53. The van der Waals surface area contributed by atoms with Gasteiger partial charge in [-0.2, -0.15) is 0 Å². The summed E-state index contributed by atoms with van der Waals surface area (Å²) in [7, 11) is 0. The number of pyridine rings is 1. The first-order chi connectivity index (χ1) is 11.5. The maximum Gasteiger partial charge on any atom is 0.404 e. The Kier molecular flexibility index (Phi) is 4.80. The van der Waals surface area contributed by atoms with Crippen LogP contribution >= 0.6 is 0 Å². The summed E-state index contributed by atoms with van der Waals surface area (Å²) in [5.74, 6) is -0.332. The van der Waals surface area contributed by atoms with E-state index in [4.69, 9.17) is 5.11 Å². The molecule has 24 heavy (non-hydrogen) atoms. The Bertz CT molecular complexity index is 797. The van der Waals surface area contributed by atoms with Gasteiger partial charge in [0.2, 0.25) is 0 Å². The van der Waals surface area contributed by atoms with Crippen LogP contribution in [0.25, 0.3) is 10.9 Å². The number of nitrogens with one attached hydrogen (secondary N) is 1. The predicted octanol–water partition coefficient (Wildman–Crippen LogP) is 1.87. The molecule has 2 aromatic rings. The first-order valence-corrected chi connectivity index (χ1v) is 8.04. The molecule has 0 saturated carbocycles. The molecule has 0 atom stereocenters. The second-order valence-corrected chi connectivity index (χ2v) is 6.06. The zero-order valence-corrected chi connectivity index (χ0v) is 13.2. The second-order valence-electron chi connectivity index (χ2n) is 6.06. The fraction of sp³-hybridized carbons (Fsp3) is 0.412. The number of hydrogen-bond acceptors (Lipinski definition) is 3. The molecule has 0 bridgehead atoms. The van der Waals surface area contributed by atoms with Crippen molar-refractivity contribution in [2.24, 2.45) is 0 Å².